The summed E-state index contributed by atoms with van der Waals surface area (Å²) in [6.07, 6.45) is 7.57. The van der Waals surface area contributed by atoms with Gasteiger partial charge in [-0.2, -0.15) is 12.6 Å². The molecule has 3 heteroatoms. The van der Waals surface area contributed by atoms with Gasteiger partial charge >= 0.3 is 0 Å². The van der Waals surface area contributed by atoms with Crippen LogP contribution in [0.5, 0.6) is 0 Å². The number of rotatable bonds is 1. The second kappa shape index (κ2) is 3.36. The fourth-order valence-corrected chi connectivity index (χ4v) is 4.68. The first-order valence-electron chi connectivity index (χ1n) is 6.29. The summed E-state index contributed by atoms with van der Waals surface area (Å²) in [5.41, 5.74) is 0.118. The Morgan fingerprint density at radius 1 is 1.27 bits per heavy atom. The topological polar surface area (TPSA) is 3.24 Å². The summed E-state index contributed by atoms with van der Waals surface area (Å²) in [6.45, 7) is 0.966. The van der Waals surface area contributed by atoms with Crippen molar-refractivity contribution in [3.63, 3.8) is 0 Å². The third kappa shape index (κ3) is 1.25. The maximum atomic E-state index is 15.0. The predicted octanol–water partition coefficient (Wildman–Crippen LogP) is 3.01. The van der Waals surface area contributed by atoms with Gasteiger partial charge in [0.2, 0.25) is 0 Å². The van der Waals surface area contributed by atoms with Gasteiger partial charge in [0.1, 0.15) is 0 Å². The van der Waals surface area contributed by atoms with Gasteiger partial charge in [-0.15, -0.1) is 0 Å². The number of halogens is 1. The van der Waals surface area contributed by atoms with E-state index in [0.717, 1.165) is 38.0 Å². The van der Waals surface area contributed by atoms with Gasteiger partial charge in [0.05, 0.1) is 0 Å². The van der Waals surface area contributed by atoms with E-state index < -0.39 is 5.79 Å². The smallest absolute Gasteiger partial charge is 0.167 e. The normalized spacial score (nSPS) is 50.4. The van der Waals surface area contributed by atoms with Gasteiger partial charge < -0.3 is 0 Å². The highest BCUT2D eigenvalue weighted by Gasteiger charge is 2.62. The molecule has 2 heterocycles. The van der Waals surface area contributed by atoms with Crippen molar-refractivity contribution in [2.24, 2.45) is 5.92 Å². The number of hydrogen-bond donors (Lipinski definition) is 1. The lowest BCUT2D eigenvalue weighted by Gasteiger charge is -2.40. The average Bonchev–Trinajstić information content (AvgIpc) is 2.74. The second-order valence-electron chi connectivity index (χ2n) is 5.60. The van der Waals surface area contributed by atoms with Crippen LogP contribution in [0.15, 0.2) is 0 Å². The Hall–Kier alpha value is 0.240. The molecule has 1 saturated carbocycles. The van der Waals surface area contributed by atoms with Crippen LogP contribution in [-0.4, -0.2) is 28.5 Å². The average molecular weight is 229 g/mol. The van der Waals surface area contributed by atoms with E-state index in [2.05, 4.69) is 17.5 Å². The molecule has 3 atom stereocenters. The number of alkyl halides is 1. The van der Waals surface area contributed by atoms with Gasteiger partial charge in [-0.3, -0.25) is 4.90 Å². The zero-order valence-corrected chi connectivity index (χ0v) is 10.1. The molecular weight excluding hydrogens is 209 g/mol. The van der Waals surface area contributed by atoms with Crippen molar-refractivity contribution in [2.45, 2.75) is 56.3 Å². The van der Waals surface area contributed by atoms with Crippen LogP contribution < -0.4 is 0 Å². The van der Waals surface area contributed by atoms with E-state index >= 15 is 4.39 Å². The molecule has 0 radical (unpaired) electrons. The molecule has 0 aromatic rings. The highest BCUT2D eigenvalue weighted by molar-refractivity contribution is 7.80. The molecule has 2 saturated heterocycles. The highest BCUT2D eigenvalue weighted by atomic mass is 32.1. The molecule has 3 unspecified atom stereocenters. The van der Waals surface area contributed by atoms with Crippen LogP contribution in [0.2, 0.25) is 0 Å². The molecule has 0 spiro atoms. The second-order valence-corrected chi connectivity index (χ2v) is 5.92. The third-order valence-corrected chi connectivity index (χ3v) is 5.51. The number of hydrogen-bond acceptors (Lipinski definition) is 2. The molecule has 0 aromatic carbocycles. The molecule has 86 valence electrons. The summed E-state index contributed by atoms with van der Waals surface area (Å²) in [4.78, 5) is 2.19. The zero-order valence-electron chi connectivity index (χ0n) is 9.21. The van der Waals surface area contributed by atoms with Gasteiger partial charge in [-0.05, 0) is 38.5 Å². The molecule has 0 bridgehead atoms. The van der Waals surface area contributed by atoms with Crippen molar-refractivity contribution in [1.29, 1.82) is 0 Å². The van der Waals surface area contributed by atoms with E-state index in [1.54, 1.807) is 0 Å². The molecule has 3 rings (SSSR count). The predicted molar refractivity (Wildman–Crippen MR) is 62.9 cm³/mol. The summed E-state index contributed by atoms with van der Waals surface area (Å²) in [5.74, 6) is 0.186. The van der Waals surface area contributed by atoms with Crippen molar-refractivity contribution in [3.8, 4) is 0 Å². The molecule has 3 aliphatic rings. The summed E-state index contributed by atoms with van der Waals surface area (Å²) in [5, 5.41) is 0. The van der Waals surface area contributed by atoms with Crippen molar-refractivity contribution in [3.05, 3.63) is 0 Å². The first-order chi connectivity index (χ1) is 7.21. The molecule has 1 nitrogen and oxygen atoms in total. The SMILES string of the molecule is FC12CCCCC1CC1(CS)CCCN12. The van der Waals surface area contributed by atoms with Crippen LogP contribution in [0.3, 0.4) is 0 Å². The lowest BCUT2D eigenvalue weighted by molar-refractivity contribution is -0.0722. The zero-order chi connectivity index (χ0) is 10.5. The molecule has 0 amide bonds. The molecule has 2 aliphatic heterocycles. The Labute approximate surface area is 96.8 Å². The Morgan fingerprint density at radius 2 is 2.13 bits per heavy atom. The Bertz CT molecular complexity index is 272. The van der Waals surface area contributed by atoms with Gasteiger partial charge in [0, 0.05) is 23.8 Å². The molecule has 0 N–H and O–H groups in total. The van der Waals surface area contributed by atoms with Crippen molar-refractivity contribution >= 4 is 12.6 Å². The van der Waals surface area contributed by atoms with Crippen LogP contribution in [0.1, 0.15) is 44.9 Å². The number of fused-ring (bicyclic) bond motifs is 3. The molecular formula is C12H20FNS. The number of nitrogens with zero attached hydrogens (tertiary/aromatic N) is 1. The summed E-state index contributed by atoms with van der Waals surface area (Å²) >= 11 is 4.49. The molecule has 0 aromatic heterocycles. The van der Waals surface area contributed by atoms with Crippen LogP contribution in [0, 0.1) is 5.92 Å². The van der Waals surface area contributed by atoms with Crippen molar-refractivity contribution < 1.29 is 4.39 Å². The largest absolute Gasteiger partial charge is 0.265 e. The quantitative estimate of drug-likeness (QED) is 0.534. The summed E-state index contributed by atoms with van der Waals surface area (Å²) in [7, 11) is 0. The highest BCUT2D eigenvalue weighted by Crippen LogP contribution is 2.57. The minimum absolute atomic E-state index is 0.118. The summed E-state index contributed by atoms with van der Waals surface area (Å²) in [6, 6.07) is 0. The minimum atomic E-state index is -0.961. The summed E-state index contributed by atoms with van der Waals surface area (Å²) < 4.78 is 15.0. The lowest BCUT2D eigenvalue weighted by atomic mass is 9.80. The first-order valence-corrected chi connectivity index (χ1v) is 6.92. The third-order valence-electron chi connectivity index (χ3n) is 4.92. The van der Waals surface area contributed by atoms with Crippen molar-refractivity contribution in [2.75, 3.05) is 12.3 Å². The molecule has 1 aliphatic carbocycles. The van der Waals surface area contributed by atoms with Gasteiger partial charge in [-0.25, -0.2) is 4.39 Å². The van der Waals surface area contributed by atoms with E-state index in [4.69, 9.17) is 0 Å². The van der Waals surface area contributed by atoms with Gasteiger partial charge in [-0.1, -0.05) is 6.42 Å². The standard InChI is InChI=1S/C12H20FNS/c13-12-6-2-1-4-10(12)8-11(9-15)5-3-7-14(11)12/h10,15H,1-9H2. The maximum absolute atomic E-state index is 15.0. The van der Waals surface area contributed by atoms with E-state index in [0.29, 0.717) is 5.92 Å². The van der Waals surface area contributed by atoms with Crippen LogP contribution in [0.25, 0.3) is 0 Å². The van der Waals surface area contributed by atoms with Gasteiger partial charge in [0.15, 0.2) is 5.79 Å². The van der Waals surface area contributed by atoms with Crippen LogP contribution in [-0.2, 0) is 0 Å². The number of thiol groups is 1. The minimum Gasteiger partial charge on any atom is -0.265 e. The first kappa shape index (κ1) is 10.4. The fraction of sp³-hybridized carbons (Fsp3) is 1.00. The van der Waals surface area contributed by atoms with Gasteiger partial charge in [0.25, 0.3) is 0 Å². The van der Waals surface area contributed by atoms with E-state index in [1.807, 2.05) is 0 Å². The Morgan fingerprint density at radius 3 is 2.93 bits per heavy atom. The van der Waals surface area contributed by atoms with Crippen LogP contribution >= 0.6 is 12.6 Å². The monoisotopic (exact) mass is 229 g/mol. The van der Waals surface area contributed by atoms with Crippen LogP contribution in [0.4, 0.5) is 4.39 Å². The maximum Gasteiger partial charge on any atom is 0.167 e. The van der Waals surface area contributed by atoms with E-state index in [1.165, 1.54) is 19.3 Å². The fourth-order valence-electron chi connectivity index (χ4n) is 4.22. The van der Waals surface area contributed by atoms with Crippen molar-refractivity contribution in [1.82, 2.24) is 4.90 Å². The Kier molecular flexibility index (Phi) is 2.33. The van der Waals surface area contributed by atoms with E-state index in [-0.39, 0.29) is 5.54 Å². The molecule has 15 heavy (non-hydrogen) atoms. The molecule has 3 fully saturated rings. The van der Waals surface area contributed by atoms with E-state index in [9.17, 15) is 0 Å². The lowest BCUT2D eigenvalue weighted by Crippen LogP contribution is -2.51. The Balaban J connectivity index is 1.95.